The number of hydrogen-bond acceptors (Lipinski definition) is 4. The topological polar surface area (TPSA) is 32.7 Å². The lowest BCUT2D eigenvalue weighted by Gasteiger charge is -2.33. The fraction of sp³-hybridized carbons (Fsp3) is 0.308. The molecule has 0 spiro atoms. The van der Waals surface area contributed by atoms with Crippen LogP contribution in [0.25, 0.3) is 0 Å². The number of nitrogens with zero attached hydrogens (tertiary/aromatic N) is 2. The molecular weight excluding hydrogens is 540 g/mol. The van der Waals surface area contributed by atoms with Crippen LogP contribution in [0, 0.1) is 16.5 Å². The molecule has 0 bridgehead atoms. The number of nitroso groups, excluding NO2 is 1. The van der Waals surface area contributed by atoms with Crippen molar-refractivity contribution >= 4 is 11.8 Å². The highest BCUT2D eigenvalue weighted by molar-refractivity contribution is 8.00. The standard InChI is InChI=1S/C26H20F8N2OS/c27-19-7-9-20(10-8-19)38-23(12-13-36(16-23)15-17-4-2-1-3-5-17)18-6-11-21(22(28)14-18)24(35-37,25(29,30)31)26(32,33)34/h1-11,14H,12-13,15-16H2/t23-/m1/s1. The second-order valence-corrected chi connectivity index (χ2v) is 10.4. The molecule has 4 rings (SSSR count). The molecule has 1 fully saturated rings. The molecule has 3 aromatic rings. The van der Waals surface area contributed by atoms with E-state index in [0.717, 1.165) is 11.6 Å². The lowest BCUT2D eigenvalue weighted by Crippen LogP contribution is -2.52. The minimum Gasteiger partial charge on any atom is -0.297 e. The van der Waals surface area contributed by atoms with E-state index in [0.29, 0.717) is 36.5 Å². The monoisotopic (exact) mass is 560 g/mol. The van der Waals surface area contributed by atoms with Gasteiger partial charge in [-0.15, -0.1) is 16.7 Å². The third-order valence-electron chi connectivity index (χ3n) is 6.53. The zero-order chi connectivity index (χ0) is 27.8. The van der Waals surface area contributed by atoms with Crippen molar-refractivity contribution in [1.29, 1.82) is 0 Å². The van der Waals surface area contributed by atoms with Gasteiger partial charge in [-0.25, -0.2) is 8.78 Å². The van der Waals surface area contributed by atoms with Gasteiger partial charge in [-0.3, -0.25) is 4.90 Å². The largest absolute Gasteiger partial charge is 0.430 e. The summed E-state index contributed by atoms with van der Waals surface area (Å²) in [5.41, 5.74) is -6.06. The predicted octanol–water partition coefficient (Wildman–Crippen LogP) is 7.94. The summed E-state index contributed by atoms with van der Waals surface area (Å²) in [5, 5.41) is 1.38. The van der Waals surface area contributed by atoms with Crippen molar-refractivity contribution in [3.63, 3.8) is 0 Å². The van der Waals surface area contributed by atoms with Gasteiger partial charge in [0.25, 0.3) is 0 Å². The Bertz CT molecular complexity index is 1270. The Morgan fingerprint density at radius 2 is 1.50 bits per heavy atom. The third kappa shape index (κ3) is 5.15. The summed E-state index contributed by atoms with van der Waals surface area (Å²) in [6, 6.07) is 16.7. The highest BCUT2D eigenvalue weighted by Gasteiger charge is 2.75. The van der Waals surface area contributed by atoms with Crippen LogP contribution >= 0.6 is 11.8 Å². The number of likely N-dealkylation sites (tertiary alicyclic amines) is 1. The Kier molecular flexibility index (Phi) is 7.59. The van der Waals surface area contributed by atoms with Crippen LogP contribution in [-0.4, -0.2) is 30.3 Å². The molecule has 1 heterocycles. The number of alkyl halides is 6. The van der Waals surface area contributed by atoms with Crippen LogP contribution in [0.2, 0.25) is 0 Å². The molecule has 0 radical (unpaired) electrons. The van der Waals surface area contributed by atoms with E-state index in [4.69, 9.17) is 0 Å². The van der Waals surface area contributed by atoms with E-state index in [1.165, 1.54) is 41.2 Å². The Morgan fingerprint density at radius 1 is 0.868 bits per heavy atom. The number of benzene rings is 3. The van der Waals surface area contributed by atoms with E-state index < -0.39 is 39.8 Å². The zero-order valence-electron chi connectivity index (χ0n) is 19.5. The SMILES string of the molecule is O=NC(c1ccc([C@@]2(Sc3ccc(F)cc3)CCN(Cc3ccccc3)C2)cc1F)(C(F)(F)F)C(F)(F)F. The van der Waals surface area contributed by atoms with Crippen molar-refractivity contribution in [1.82, 2.24) is 4.90 Å². The summed E-state index contributed by atoms with van der Waals surface area (Å²) >= 11 is 1.21. The Morgan fingerprint density at radius 3 is 2.05 bits per heavy atom. The van der Waals surface area contributed by atoms with Gasteiger partial charge in [0.2, 0.25) is 0 Å². The second-order valence-electron chi connectivity index (χ2n) is 8.99. The Labute approximate surface area is 216 Å². The molecule has 0 unspecified atom stereocenters. The van der Waals surface area contributed by atoms with Crippen LogP contribution in [0.1, 0.15) is 23.1 Å². The minimum absolute atomic E-state index is 0.132. The van der Waals surface area contributed by atoms with Gasteiger partial charge in [0.15, 0.2) is 0 Å². The molecule has 0 saturated carbocycles. The van der Waals surface area contributed by atoms with E-state index in [1.807, 2.05) is 35.2 Å². The van der Waals surface area contributed by atoms with Gasteiger partial charge in [-0.2, -0.15) is 26.3 Å². The first-order valence-corrected chi connectivity index (χ1v) is 12.1. The van der Waals surface area contributed by atoms with Crippen molar-refractivity contribution in [3.8, 4) is 0 Å². The maximum Gasteiger partial charge on any atom is 0.430 e. The van der Waals surface area contributed by atoms with Crippen molar-refractivity contribution < 1.29 is 35.1 Å². The normalized spacial score (nSPS) is 19.1. The fourth-order valence-electron chi connectivity index (χ4n) is 4.65. The molecule has 38 heavy (non-hydrogen) atoms. The summed E-state index contributed by atoms with van der Waals surface area (Å²) in [5.74, 6) is -2.34. The van der Waals surface area contributed by atoms with Crippen LogP contribution < -0.4 is 0 Å². The zero-order valence-corrected chi connectivity index (χ0v) is 20.3. The Hall–Kier alpha value is -2.99. The van der Waals surface area contributed by atoms with Gasteiger partial charge < -0.3 is 0 Å². The lowest BCUT2D eigenvalue weighted by atomic mass is 9.86. The van der Waals surface area contributed by atoms with E-state index in [2.05, 4.69) is 0 Å². The molecule has 3 nitrogen and oxygen atoms in total. The van der Waals surface area contributed by atoms with Gasteiger partial charge >= 0.3 is 17.9 Å². The molecule has 0 amide bonds. The molecule has 3 aromatic carbocycles. The Balaban J connectivity index is 1.76. The van der Waals surface area contributed by atoms with Crippen molar-refractivity contribution in [2.75, 3.05) is 13.1 Å². The van der Waals surface area contributed by atoms with Gasteiger partial charge in [0, 0.05) is 30.1 Å². The average Bonchev–Trinajstić information content (AvgIpc) is 3.24. The first kappa shape index (κ1) is 28.0. The molecule has 1 aliphatic heterocycles. The quantitative estimate of drug-likeness (QED) is 0.217. The van der Waals surface area contributed by atoms with Gasteiger partial charge in [-0.1, -0.05) is 42.5 Å². The molecule has 1 atom stereocenters. The van der Waals surface area contributed by atoms with Crippen LogP contribution in [-0.2, 0) is 16.8 Å². The maximum atomic E-state index is 15.2. The summed E-state index contributed by atoms with van der Waals surface area (Å²) in [4.78, 5) is 13.7. The number of thioether (sulfide) groups is 1. The van der Waals surface area contributed by atoms with Gasteiger partial charge in [0.05, 0.1) is 4.75 Å². The van der Waals surface area contributed by atoms with Crippen molar-refractivity contribution in [2.45, 2.75) is 40.5 Å². The van der Waals surface area contributed by atoms with Crippen LogP contribution in [0.5, 0.6) is 0 Å². The molecule has 202 valence electrons. The number of hydrogen-bond donors (Lipinski definition) is 0. The molecular formula is C26H20F8N2OS. The molecule has 0 aliphatic carbocycles. The number of halogens is 8. The molecule has 1 saturated heterocycles. The minimum atomic E-state index is -6.23. The van der Waals surface area contributed by atoms with Gasteiger partial charge in [0.1, 0.15) is 11.6 Å². The lowest BCUT2D eigenvalue weighted by molar-refractivity contribution is -0.301. The van der Waals surface area contributed by atoms with Crippen LogP contribution in [0.4, 0.5) is 35.1 Å². The summed E-state index contributed by atoms with van der Waals surface area (Å²) in [7, 11) is 0. The smallest absolute Gasteiger partial charge is 0.297 e. The third-order valence-corrected chi connectivity index (χ3v) is 8.00. The van der Waals surface area contributed by atoms with E-state index in [-0.39, 0.29) is 12.1 Å². The average molecular weight is 561 g/mol. The summed E-state index contributed by atoms with van der Waals surface area (Å²) in [6.45, 7) is 1.28. The second kappa shape index (κ2) is 10.3. The van der Waals surface area contributed by atoms with E-state index >= 15 is 4.39 Å². The first-order valence-electron chi connectivity index (χ1n) is 11.3. The molecule has 1 aliphatic rings. The summed E-state index contributed by atoms with van der Waals surface area (Å²) in [6.07, 6.45) is -12.1. The highest BCUT2D eigenvalue weighted by atomic mass is 32.2. The van der Waals surface area contributed by atoms with Gasteiger partial charge in [-0.05, 0) is 53.1 Å². The predicted molar refractivity (Wildman–Crippen MR) is 126 cm³/mol. The molecule has 12 heteroatoms. The fourth-order valence-corrected chi connectivity index (χ4v) is 6.06. The molecule has 0 N–H and O–H groups in total. The van der Waals surface area contributed by atoms with Crippen molar-refractivity contribution in [3.05, 3.63) is 106 Å². The first-order chi connectivity index (χ1) is 17.8. The summed E-state index contributed by atoms with van der Waals surface area (Å²) < 4.78 is 109. The van der Waals surface area contributed by atoms with Crippen molar-refractivity contribution in [2.24, 2.45) is 5.18 Å². The van der Waals surface area contributed by atoms with E-state index in [1.54, 1.807) is 0 Å². The molecule has 0 aromatic heterocycles. The maximum absolute atomic E-state index is 15.2. The van der Waals surface area contributed by atoms with Crippen LogP contribution in [0.15, 0.2) is 82.9 Å². The van der Waals surface area contributed by atoms with E-state index in [9.17, 15) is 35.6 Å². The number of rotatable bonds is 7. The van der Waals surface area contributed by atoms with Crippen LogP contribution in [0.3, 0.4) is 0 Å². The highest BCUT2D eigenvalue weighted by Crippen LogP contribution is 2.55.